The number of carbonyl (C=O) groups is 2. The number of amides is 2. The molecule has 0 aliphatic carbocycles. The molecule has 7 heteroatoms. The van der Waals surface area contributed by atoms with Gasteiger partial charge in [-0.3, -0.25) is 9.59 Å². The lowest BCUT2D eigenvalue weighted by Gasteiger charge is -2.07. The summed E-state index contributed by atoms with van der Waals surface area (Å²) in [4.78, 5) is 23.5. The molecule has 2 heterocycles. The van der Waals surface area contributed by atoms with Crippen LogP contribution >= 0.6 is 0 Å². The van der Waals surface area contributed by atoms with Crippen LogP contribution in [0.15, 0.2) is 53.1 Å². The van der Waals surface area contributed by atoms with Crippen LogP contribution < -0.4 is 15.4 Å². The van der Waals surface area contributed by atoms with Gasteiger partial charge in [-0.15, -0.1) is 0 Å². The number of nitrogens with one attached hydrogen (secondary N) is 2. The van der Waals surface area contributed by atoms with Crippen molar-refractivity contribution in [1.29, 1.82) is 0 Å². The number of carbonyl (C=O) groups excluding carboxylic acids is 2. The van der Waals surface area contributed by atoms with E-state index in [0.717, 1.165) is 23.3 Å². The molecule has 0 bridgehead atoms. The smallest absolute Gasteiger partial charge is 0.230 e. The Morgan fingerprint density at radius 2 is 1.90 bits per heavy atom. The third kappa shape index (κ3) is 4.45. The average Bonchev–Trinajstić information content (AvgIpc) is 3.26. The van der Waals surface area contributed by atoms with Crippen LogP contribution in [0.2, 0.25) is 0 Å². The third-order valence-electron chi connectivity index (χ3n) is 4.55. The van der Waals surface area contributed by atoms with Crippen molar-refractivity contribution in [2.45, 2.75) is 32.8 Å². The molecule has 2 N–H and O–H groups in total. The van der Waals surface area contributed by atoms with Crippen LogP contribution in [0.5, 0.6) is 5.75 Å². The summed E-state index contributed by atoms with van der Waals surface area (Å²) in [6.07, 6.45) is 1.13. The van der Waals surface area contributed by atoms with E-state index in [1.807, 2.05) is 25.1 Å². The summed E-state index contributed by atoms with van der Waals surface area (Å²) >= 11 is 0. The van der Waals surface area contributed by atoms with Gasteiger partial charge in [0.2, 0.25) is 11.8 Å². The standard InChI is InChI=1S/C22H21N3O4/c1-13-8-16-9-15(6-7-20(16)28-13)21-11-19(25-29-21)12-22(27)24-18-5-3-4-17(10-18)23-14(2)26/h3-7,9-11,13H,8,12H2,1-2H3,(H,23,26)(H,24,27). The Morgan fingerprint density at radius 3 is 2.69 bits per heavy atom. The molecular formula is C22H21N3O4. The van der Waals surface area contributed by atoms with E-state index < -0.39 is 0 Å². The van der Waals surface area contributed by atoms with Gasteiger partial charge in [0.25, 0.3) is 0 Å². The zero-order valence-electron chi connectivity index (χ0n) is 16.2. The highest BCUT2D eigenvalue weighted by molar-refractivity contribution is 5.94. The number of rotatable bonds is 5. The Morgan fingerprint density at radius 1 is 1.10 bits per heavy atom. The molecule has 0 fully saturated rings. The van der Waals surface area contributed by atoms with Crippen LogP contribution in [-0.2, 0) is 22.4 Å². The monoisotopic (exact) mass is 391 g/mol. The molecule has 1 aliphatic rings. The number of fused-ring (bicyclic) bond motifs is 1. The zero-order valence-corrected chi connectivity index (χ0v) is 16.2. The number of hydrogen-bond acceptors (Lipinski definition) is 5. The van der Waals surface area contributed by atoms with Crippen LogP contribution in [0.3, 0.4) is 0 Å². The topological polar surface area (TPSA) is 93.5 Å². The first-order chi connectivity index (χ1) is 14.0. The molecular weight excluding hydrogens is 370 g/mol. The molecule has 0 saturated heterocycles. The van der Waals surface area contributed by atoms with E-state index in [1.165, 1.54) is 6.92 Å². The maximum Gasteiger partial charge on any atom is 0.230 e. The molecule has 2 amide bonds. The Bertz CT molecular complexity index is 1070. The number of ether oxygens (including phenoxy) is 1. The van der Waals surface area contributed by atoms with Gasteiger partial charge in [-0.2, -0.15) is 0 Å². The number of benzene rings is 2. The minimum absolute atomic E-state index is 0.0823. The molecule has 7 nitrogen and oxygen atoms in total. The van der Waals surface area contributed by atoms with Crippen molar-refractivity contribution in [3.63, 3.8) is 0 Å². The van der Waals surface area contributed by atoms with Gasteiger partial charge in [-0.05, 0) is 48.9 Å². The number of anilines is 2. The lowest BCUT2D eigenvalue weighted by molar-refractivity contribution is -0.116. The fourth-order valence-corrected chi connectivity index (χ4v) is 3.35. The van der Waals surface area contributed by atoms with Crippen LogP contribution in [-0.4, -0.2) is 23.1 Å². The second-order valence-corrected chi connectivity index (χ2v) is 7.12. The van der Waals surface area contributed by atoms with E-state index >= 15 is 0 Å². The molecule has 0 radical (unpaired) electrons. The summed E-state index contributed by atoms with van der Waals surface area (Å²) in [6.45, 7) is 3.47. The van der Waals surface area contributed by atoms with Crippen molar-refractivity contribution in [1.82, 2.24) is 5.16 Å². The fourth-order valence-electron chi connectivity index (χ4n) is 3.35. The third-order valence-corrected chi connectivity index (χ3v) is 4.55. The van der Waals surface area contributed by atoms with Gasteiger partial charge < -0.3 is 19.9 Å². The second kappa shape index (κ2) is 7.79. The summed E-state index contributed by atoms with van der Waals surface area (Å²) in [5.41, 5.74) is 3.81. The summed E-state index contributed by atoms with van der Waals surface area (Å²) in [6, 6.07) is 14.6. The molecule has 0 saturated carbocycles. The molecule has 2 aromatic carbocycles. The van der Waals surface area contributed by atoms with E-state index in [-0.39, 0.29) is 24.3 Å². The predicted octanol–water partition coefficient (Wildman–Crippen LogP) is 3.80. The largest absolute Gasteiger partial charge is 0.490 e. The Labute approximate surface area is 168 Å². The van der Waals surface area contributed by atoms with Gasteiger partial charge in [0.1, 0.15) is 11.9 Å². The Kier molecular flexibility index (Phi) is 5.03. The highest BCUT2D eigenvalue weighted by atomic mass is 16.5. The fraction of sp³-hybridized carbons (Fsp3) is 0.227. The lowest BCUT2D eigenvalue weighted by atomic mass is 10.1. The highest BCUT2D eigenvalue weighted by Gasteiger charge is 2.20. The van der Waals surface area contributed by atoms with Crippen molar-refractivity contribution >= 4 is 23.2 Å². The number of aromatic nitrogens is 1. The first-order valence-electron chi connectivity index (χ1n) is 9.39. The van der Waals surface area contributed by atoms with Crippen LogP contribution in [0, 0.1) is 0 Å². The van der Waals surface area contributed by atoms with Crippen molar-refractivity contribution in [3.8, 4) is 17.1 Å². The van der Waals surface area contributed by atoms with E-state index in [4.69, 9.17) is 9.26 Å². The van der Waals surface area contributed by atoms with E-state index in [9.17, 15) is 9.59 Å². The average molecular weight is 391 g/mol. The van der Waals surface area contributed by atoms with Gasteiger partial charge in [0.05, 0.1) is 12.1 Å². The van der Waals surface area contributed by atoms with Crippen molar-refractivity contribution in [2.75, 3.05) is 10.6 Å². The molecule has 29 heavy (non-hydrogen) atoms. The Balaban J connectivity index is 1.41. The van der Waals surface area contributed by atoms with Crippen molar-refractivity contribution < 1.29 is 18.8 Å². The summed E-state index contributed by atoms with van der Waals surface area (Å²) in [5, 5.41) is 9.50. The number of hydrogen-bond donors (Lipinski definition) is 2. The number of nitrogens with zero attached hydrogens (tertiary/aromatic N) is 1. The maximum absolute atomic E-state index is 12.4. The molecule has 3 aromatic rings. The molecule has 4 rings (SSSR count). The molecule has 1 aliphatic heterocycles. The SMILES string of the molecule is CC(=O)Nc1cccc(NC(=O)Cc2cc(-c3ccc4c(c3)CC(C)O4)on2)c1. The van der Waals surface area contributed by atoms with Gasteiger partial charge in [0, 0.05) is 36.3 Å². The van der Waals surface area contributed by atoms with Crippen LogP contribution in [0.4, 0.5) is 11.4 Å². The zero-order chi connectivity index (χ0) is 20.4. The molecule has 1 aromatic heterocycles. The highest BCUT2D eigenvalue weighted by Crippen LogP contribution is 2.33. The lowest BCUT2D eigenvalue weighted by Crippen LogP contribution is -2.15. The van der Waals surface area contributed by atoms with Crippen LogP contribution in [0.1, 0.15) is 25.1 Å². The minimum Gasteiger partial charge on any atom is -0.490 e. The quantitative estimate of drug-likeness (QED) is 0.690. The molecule has 1 unspecified atom stereocenters. The molecule has 0 spiro atoms. The van der Waals surface area contributed by atoms with Gasteiger partial charge in [0.15, 0.2) is 5.76 Å². The van der Waals surface area contributed by atoms with Gasteiger partial charge in [-0.1, -0.05) is 11.2 Å². The van der Waals surface area contributed by atoms with E-state index in [2.05, 4.69) is 15.8 Å². The molecule has 148 valence electrons. The van der Waals surface area contributed by atoms with E-state index in [0.29, 0.717) is 22.8 Å². The van der Waals surface area contributed by atoms with Gasteiger partial charge >= 0.3 is 0 Å². The van der Waals surface area contributed by atoms with Crippen molar-refractivity contribution in [2.24, 2.45) is 0 Å². The Hall–Kier alpha value is -3.61. The first kappa shape index (κ1) is 18.7. The first-order valence-corrected chi connectivity index (χ1v) is 9.39. The second-order valence-electron chi connectivity index (χ2n) is 7.12. The minimum atomic E-state index is -0.221. The predicted molar refractivity (Wildman–Crippen MR) is 109 cm³/mol. The summed E-state index contributed by atoms with van der Waals surface area (Å²) < 4.78 is 11.2. The van der Waals surface area contributed by atoms with Crippen LogP contribution in [0.25, 0.3) is 11.3 Å². The maximum atomic E-state index is 12.4. The van der Waals surface area contributed by atoms with Crippen molar-refractivity contribution in [3.05, 3.63) is 59.8 Å². The molecule has 1 atom stereocenters. The normalized spacial score (nSPS) is 14.8. The summed E-state index contributed by atoms with van der Waals surface area (Å²) in [7, 11) is 0. The van der Waals surface area contributed by atoms with E-state index in [1.54, 1.807) is 30.3 Å². The summed E-state index contributed by atoms with van der Waals surface area (Å²) in [5.74, 6) is 1.13. The van der Waals surface area contributed by atoms with Gasteiger partial charge in [-0.25, -0.2) is 0 Å².